The fraction of sp³-hybridized carbons (Fsp3) is 0.727. The molecule has 2 fully saturated rings. The highest BCUT2D eigenvalue weighted by atomic mass is 16.3. The van der Waals surface area contributed by atoms with Crippen LogP contribution >= 0.6 is 0 Å². The number of β-amino-alcohol motifs (C(OH)–C–C–N with tert-alkyl or cyclic N) is 1. The molecule has 1 heterocycles. The number of carbonyl (C=O) groups is 4. The SMILES string of the molecule is C=CCNC(=O)C(=O)C(CC1CCC1)NC(=O)[C@@H]1CC(O)CN1C(=O)[C@@H](N)C(C)(C)C. The number of nitrogens with zero attached hydrogens (tertiary/aromatic N) is 1. The monoisotopic (exact) mass is 436 g/mol. The van der Waals surface area contributed by atoms with Gasteiger partial charge >= 0.3 is 0 Å². The molecule has 0 spiro atoms. The van der Waals surface area contributed by atoms with E-state index in [1.807, 2.05) is 20.8 Å². The second kappa shape index (κ2) is 10.4. The van der Waals surface area contributed by atoms with Crippen LogP contribution in [0.2, 0.25) is 0 Å². The molecule has 1 saturated carbocycles. The Labute approximate surface area is 183 Å². The molecular formula is C22H36N4O5. The fourth-order valence-electron chi connectivity index (χ4n) is 3.83. The first-order valence-electron chi connectivity index (χ1n) is 10.9. The van der Waals surface area contributed by atoms with Crippen molar-refractivity contribution in [2.24, 2.45) is 17.1 Å². The van der Waals surface area contributed by atoms with E-state index in [9.17, 15) is 24.3 Å². The van der Waals surface area contributed by atoms with E-state index in [1.54, 1.807) is 0 Å². The molecule has 1 aliphatic carbocycles. The Morgan fingerprint density at radius 2 is 1.90 bits per heavy atom. The molecule has 2 unspecified atom stereocenters. The Morgan fingerprint density at radius 3 is 2.42 bits per heavy atom. The third kappa shape index (κ3) is 6.36. The Kier molecular flexibility index (Phi) is 8.36. The van der Waals surface area contributed by atoms with Gasteiger partial charge in [0.1, 0.15) is 6.04 Å². The van der Waals surface area contributed by atoms with E-state index in [4.69, 9.17) is 5.73 Å². The molecule has 2 aliphatic rings. The van der Waals surface area contributed by atoms with Crippen molar-refractivity contribution in [2.45, 2.75) is 77.1 Å². The molecule has 0 aromatic heterocycles. The van der Waals surface area contributed by atoms with Crippen molar-refractivity contribution in [1.82, 2.24) is 15.5 Å². The molecule has 5 N–H and O–H groups in total. The molecule has 174 valence electrons. The van der Waals surface area contributed by atoms with Crippen molar-refractivity contribution in [3.05, 3.63) is 12.7 Å². The lowest BCUT2D eigenvalue weighted by Crippen LogP contribution is -2.57. The van der Waals surface area contributed by atoms with E-state index in [0.29, 0.717) is 6.42 Å². The molecule has 0 aromatic rings. The molecule has 0 bridgehead atoms. The summed E-state index contributed by atoms with van der Waals surface area (Å²) in [5, 5.41) is 15.2. The zero-order valence-electron chi connectivity index (χ0n) is 18.7. The van der Waals surface area contributed by atoms with E-state index < -0.39 is 53.1 Å². The molecule has 9 heteroatoms. The van der Waals surface area contributed by atoms with Crippen LogP contribution in [0.4, 0.5) is 0 Å². The number of likely N-dealkylation sites (tertiary alicyclic amines) is 1. The lowest BCUT2D eigenvalue weighted by molar-refractivity contribution is -0.143. The summed E-state index contributed by atoms with van der Waals surface area (Å²) in [6, 6.07) is -2.76. The number of hydrogen-bond donors (Lipinski definition) is 4. The van der Waals surface area contributed by atoms with Gasteiger partial charge in [-0.25, -0.2) is 0 Å². The molecule has 1 saturated heterocycles. The number of aliphatic hydroxyl groups excluding tert-OH is 1. The summed E-state index contributed by atoms with van der Waals surface area (Å²) in [5.74, 6) is -2.21. The number of nitrogens with two attached hydrogens (primary N) is 1. The van der Waals surface area contributed by atoms with Gasteiger partial charge < -0.3 is 26.4 Å². The number of rotatable bonds is 9. The molecule has 0 aromatic carbocycles. The highest BCUT2D eigenvalue weighted by molar-refractivity contribution is 6.38. The lowest BCUT2D eigenvalue weighted by Gasteiger charge is -2.33. The van der Waals surface area contributed by atoms with Gasteiger partial charge in [0.15, 0.2) is 0 Å². The number of Topliss-reactive ketones (excluding diaryl/α,β-unsaturated/α-hetero) is 1. The highest BCUT2D eigenvalue weighted by Crippen LogP contribution is 2.31. The number of nitrogens with one attached hydrogen (secondary N) is 2. The molecule has 9 nitrogen and oxygen atoms in total. The summed E-state index contributed by atoms with van der Waals surface area (Å²) in [6.45, 7) is 9.13. The van der Waals surface area contributed by atoms with E-state index in [0.717, 1.165) is 19.3 Å². The van der Waals surface area contributed by atoms with Crippen LogP contribution in [0.15, 0.2) is 12.7 Å². The first-order chi connectivity index (χ1) is 14.5. The van der Waals surface area contributed by atoms with E-state index in [2.05, 4.69) is 17.2 Å². The maximum atomic E-state index is 13.1. The van der Waals surface area contributed by atoms with Crippen LogP contribution < -0.4 is 16.4 Å². The van der Waals surface area contributed by atoms with Crippen LogP contribution in [-0.2, 0) is 19.2 Å². The summed E-state index contributed by atoms with van der Waals surface area (Å²) in [4.78, 5) is 52.1. The number of ketones is 1. The van der Waals surface area contributed by atoms with E-state index in [-0.39, 0.29) is 25.4 Å². The zero-order chi connectivity index (χ0) is 23.3. The lowest BCUT2D eigenvalue weighted by atomic mass is 9.80. The minimum atomic E-state index is -0.978. The first kappa shape index (κ1) is 25.0. The smallest absolute Gasteiger partial charge is 0.289 e. The van der Waals surface area contributed by atoms with Gasteiger partial charge in [-0.3, -0.25) is 19.2 Å². The number of aliphatic hydroxyl groups is 1. The number of hydrogen-bond acceptors (Lipinski definition) is 6. The zero-order valence-corrected chi connectivity index (χ0v) is 18.7. The minimum Gasteiger partial charge on any atom is -0.391 e. The van der Waals surface area contributed by atoms with Crippen LogP contribution in [0.25, 0.3) is 0 Å². The Morgan fingerprint density at radius 1 is 1.26 bits per heavy atom. The summed E-state index contributed by atoms with van der Waals surface area (Å²) in [6.07, 6.45) is 3.99. The van der Waals surface area contributed by atoms with Gasteiger partial charge in [-0.1, -0.05) is 46.1 Å². The number of amides is 3. The largest absolute Gasteiger partial charge is 0.391 e. The average Bonchev–Trinajstić information content (AvgIpc) is 3.06. The summed E-state index contributed by atoms with van der Waals surface area (Å²) in [7, 11) is 0. The fourth-order valence-corrected chi connectivity index (χ4v) is 3.83. The van der Waals surface area contributed by atoms with Crippen LogP contribution in [0.1, 0.15) is 52.9 Å². The van der Waals surface area contributed by atoms with Crippen LogP contribution in [0.5, 0.6) is 0 Å². The standard InChI is InChI=1S/C22H36N4O5/c1-5-9-24-20(30)17(28)15(10-13-7-6-8-13)25-19(29)16-11-14(27)12-26(16)21(31)18(23)22(2,3)4/h5,13-16,18,27H,1,6-12,23H2,2-4H3,(H,24,30)(H,25,29)/t14?,15?,16-,18+/m0/s1. The van der Waals surface area contributed by atoms with Crippen LogP contribution in [0.3, 0.4) is 0 Å². The summed E-state index contributed by atoms with van der Waals surface area (Å²) in [5.41, 5.74) is 5.57. The van der Waals surface area contributed by atoms with Crippen molar-refractivity contribution in [1.29, 1.82) is 0 Å². The summed E-state index contributed by atoms with van der Waals surface area (Å²) >= 11 is 0. The Hall–Kier alpha value is -2.26. The van der Waals surface area contributed by atoms with Gasteiger partial charge in [0.2, 0.25) is 17.6 Å². The van der Waals surface area contributed by atoms with E-state index in [1.165, 1.54) is 11.0 Å². The molecular weight excluding hydrogens is 400 g/mol. The van der Waals surface area contributed by atoms with Gasteiger partial charge in [-0.2, -0.15) is 0 Å². The first-order valence-corrected chi connectivity index (χ1v) is 10.9. The number of carbonyl (C=O) groups excluding carboxylic acids is 4. The maximum Gasteiger partial charge on any atom is 0.289 e. The minimum absolute atomic E-state index is 0.00174. The predicted molar refractivity (Wildman–Crippen MR) is 116 cm³/mol. The van der Waals surface area contributed by atoms with Crippen LogP contribution in [0, 0.1) is 11.3 Å². The normalized spacial score (nSPS) is 23.5. The van der Waals surface area contributed by atoms with Gasteiger partial charge in [-0.15, -0.1) is 6.58 Å². The van der Waals surface area contributed by atoms with Gasteiger partial charge in [0.25, 0.3) is 5.91 Å². The van der Waals surface area contributed by atoms with Crippen molar-refractivity contribution in [3.63, 3.8) is 0 Å². The van der Waals surface area contributed by atoms with Crippen molar-refractivity contribution >= 4 is 23.5 Å². The molecule has 31 heavy (non-hydrogen) atoms. The maximum absolute atomic E-state index is 13.1. The van der Waals surface area contributed by atoms with E-state index >= 15 is 0 Å². The Balaban J connectivity index is 2.14. The van der Waals surface area contributed by atoms with Crippen molar-refractivity contribution in [3.8, 4) is 0 Å². The molecule has 3 amide bonds. The van der Waals surface area contributed by atoms with Crippen molar-refractivity contribution in [2.75, 3.05) is 13.1 Å². The molecule has 4 atom stereocenters. The molecule has 0 radical (unpaired) electrons. The molecule has 2 rings (SSSR count). The summed E-state index contributed by atoms with van der Waals surface area (Å²) < 4.78 is 0. The van der Waals surface area contributed by atoms with Gasteiger partial charge in [0, 0.05) is 19.5 Å². The van der Waals surface area contributed by atoms with Gasteiger partial charge in [0.05, 0.1) is 18.2 Å². The van der Waals surface area contributed by atoms with Gasteiger partial charge in [-0.05, 0) is 17.8 Å². The highest BCUT2D eigenvalue weighted by Gasteiger charge is 2.44. The quantitative estimate of drug-likeness (QED) is 0.293. The Bertz CT molecular complexity index is 713. The third-order valence-electron chi connectivity index (χ3n) is 6.12. The molecule has 1 aliphatic heterocycles. The van der Waals surface area contributed by atoms with Crippen LogP contribution in [-0.4, -0.2) is 70.8 Å². The predicted octanol–water partition coefficient (Wildman–Crippen LogP) is -0.132. The topological polar surface area (TPSA) is 142 Å². The second-order valence-electron chi connectivity index (χ2n) is 9.70. The third-order valence-corrected chi connectivity index (χ3v) is 6.12. The van der Waals surface area contributed by atoms with Crippen molar-refractivity contribution < 1.29 is 24.3 Å². The average molecular weight is 437 g/mol. The second-order valence-corrected chi connectivity index (χ2v) is 9.70.